The predicted molar refractivity (Wildman–Crippen MR) is 80.2 cm³/mol. The Morgan fingerprint density at radius 3 is 2.58 bits per heavy atom. The van der Waals surface area contributed by atoms with Gasteiger partial charge in [-0.15, -0.1) is 12.4 Å². The second kappa shape index (κ2) is 4.85. The molecule has 19 heavy (non-hydrogen) atoms. The topological polar surface area (TPSA) is 77.9 Å². The van der Waals surface area contributed by atoms with Crippen molar-refractivity contribution in [1.29, 1.82) is 0 Å². The maximum absolute atomic E-state index is 11.4. The van der Waals surface area contributed by atoms with Crippen LogP contribution in [0.4, 0.5) is 17.2 Å². The quantitative estimate of drug-likeness (QED) is 0.700. The van der Waals surface area contributed by atoms with E-state index >= 15 is 0 Å². The van der Waals surface area contributed by atoms with Crippen LogP contribution in [0.25, 0.3) is 6.08 Å². The number of H-pyrrole nitrogens is 2. The van der Waals surface area contributed by atoms with E-state index in [0.29, 0.717) is 0 Å². The van der Waals surface area contributed by atoms with E-state index in [1.807, 2.05) is 36.4 Å². The van der Waals surface area contributed by atoms with Crippen molar-refractivity contribution in [2.75, 3.05) is 10.6 Å². The van der Waals surface area contributed by atoms with Crippen molar-refractivity contribution in [3.63, 3.8) is 0 Å². The highest BCUT2D eigenvalue weighted by molar-refractivity contribution is 5.85. The van der Waals surface area contributed by atoms with Gasteiger partial charge in [-0.1, -0.05) is 6.08 Å². The molecule has 2 heterocycles. The molecule has 0 amide bonds. The lowest BCUT2D eigenvalue weighted by atomic mass is 10.1. The number of nitrogens with one attached hydrogen (secondary N) is 2. The Bertz CT molecular complexity index is 656. The average molecular weight is 279 g/mol. The van der Waals surface area contributed by atoms with Gasteiger partial charge >= 0.3 is 5.69 Å². The van der Waals surface area contributed by atoms with Crippen LogP contribution < -0.4 is 16.3 Å². The molecule has 0 saturated heterocycles. The molecule has 0 spiro atoms. The number of aromatic amines is 2. The summed E-state index contributed by atoms with van der Waals surface area (Å²) in [5, 5.41) is 0. The van der Waals surface area contributed by atoms with Gasteiger partial charge in [0.15, 0.2) is 0 Å². The standard InChI is InChI=1S/C13H14N4O.ClH/c1-8-2-7-11-12(16-13(18)15-11)17(8)10-5-3-9(14)4-6-10;/h2-8H,14H2,1H3,(H2,15,16,18);1H. The second-order valence-corrected chi connectivity index (χ2v) is 4.40. The summed E-state index contributed by atoms with van der Waals surface area (Å²) in [6, 6.07) is 7.77. The van der Waals surface area contributed by atoms with Crippen LogP contribution in [0.15, 0.2) is 35.1 Å². The number of halogens is 1. The molecule has 1 aromatic heterocycles. The molecule has 0 saturated carbocycles. The number of imidazole rings is 1. The van der Waals surface area contributed by atoms with Gasteiger partial charge in [-0.3, -0.25) is 4.98 Å². The number of nitrogens with two attached hydrogens (primary N) is 1. The highest BCUT2D eigenvalue weighted by Crippen LogP contribution is 2.32. The molecule has 0 aliphatic carbocycles. The van der Waals surface area contributed by atoms with Crippen molar-refractivity contribution in [2.24, 2.45) is 0 Å². The first-order valence-corrected chi connectivity index (χ1v) is 5.80. The maximum atomic E-state index is 11.4. The Labute approximate surface area is 116 Å². The van der Waals surface area contributed by atoms with Gasteiger partial charge < -0.3 is 15.6 Å². The number of nitrogens with zero attached hydrogens (tertiary/aromatic N) is 1. The lowest BCUT2D eigenvalue weighted by Gasteiger charge is -2.31. The largest absolute Gasteiger partial charge is 0.399 e. The van der Waals surface area contributed by atoms with Crippen LogP contribution in [0.1, 0.15) is 12.6 Å². The number of hydrogen-bond donors (Lipinski definition) is 3. The monoisotopic (exact) mass is 278 g/mol. The summed E-state index contributed by atoms with van der Waals surface area (Å²) in [6.07, 6.45) is 3.97. The highest BCUT2D eigenvalue weighted by Gasteiger charge is 2.23. The molecular formula is C13H15ClN4O. The zero-order valence-corrected chi connectivity index (χ0v) is 11.2. The fourth-order valence-electron chi connectivity index (χ4n) is 2.22. The molecular weight excluding hydrogens is 264 g/mol. The van der Waals surface area contributed by atoms with E-state index in [1.54, 1.807) is 0 Å². The third-order valence-corrected chi connectivity index (χ3v) is 3.10. The van der Waals surface area contributed by atoms with Crippen molar-refractivity contribution in [3.05, 3.63) is 46.5 Å². The molecule has 4 N–H and O–H groups in total. The van der Waals surface area contributed by atoms with Gasteiger partial charge in [0, 0.05) is 11.4 Å². The molecule has 2 aromatic rings. The van der Waals surface area contributed by atoms with Crippen molar-refractivity contribution in [2.45, 2.75) is 13.0 Å². The van der Waals surface area contributed by atoms with E-state index in [2.05, 4.69) is 21.8 Å². The molecule has 100 valence electrons. The first-order valence-electron chi connectivity index (χ1n) is 5.80. The third kappa shape index (κ3) is 2.24. The lowest BCUT2D eigenvalue weighted by molar-refractivity contribution is 0.844. The van der Waals surface area contributed by atoms with E-state index in [4.69, 9.17) is 5.73 Å². The minimum Gasteiger partial charge on any atom is -0.399 e. The number of aromatic nitrogens is 2. The number of hydrogen-bond acceptors (Lipinski definition) is 3. The van der Waals surface area contributed by atoms with Gasteiger partial charge in [-0.2, -0.15) is 0 Å². The molecule has 1 aromatic carbocycles. The fourth-order valence-corrected chi connectivity index (χ4v) is 2.22. The Morgan fingerprint density at radius 1 is 1.21 bits per heavy atom. The minimum atomic E-state index is -0.195. The van der Waals surface area contributed by atoms with Gasteiger partial charge in [0.05, 0.1) is 11.7 Å². The average Bonchev–Trinajstić information content (AvgIpc) is 2.71. The van der Waals surface area contributed by atoms with E-state index in [0.717, 1.165) is 22.9 Å². The first kappa shape index (κ1) is 13.3. The van der Waals surface area contributed by atoms with Crippen molar-refractivity contribution in [1.82, 2.24) is 9.97 Å². The van der Waals surface area contributed by atoms with E-state index in [-0.39, 0.29) is 24.1 Å². The lowest BCUT2D eigenvalue weighted by Crippen LogP contribution is -2.29. The SMILES string of the molecule is CC1C=Cc2[nH]c(=O)[nH]c2N1c1ccc(N)cc1.Cl. The molecule has 1 aliphatic rings. The Balaban J connectivity index is 0.00000133. The summed E-state index contributed by atoms with van der Waals surface area (Å²) in [5.41, 5.74) is 8.02. The molecule has 1 unspecified atom stereocenters. The normalized spacial score (nSPS) is 16.9. The van der Waals surface area contributed by atoms with Crippen molar-refractivity contribution >= 4 is 35.7 Å². The minimum absolute atomic E-state index is 0. The highest BCUT2D eigenvalue weighted by atomic mass is 35.5. The van der Waals surface area contributed by atoms with Gasteiger partial charge in [0.2, 0.25) is 0 Å². The predicted octanol–water partition coefficient (Wildman–Crippen LogP) is 2.26. The van der Waals surface area contributed by atoms with E-state index in [9.17, 15) is 4.79 Å². The molecule has 3 rings (SSSR count). The van der Waals surface area contributed by atoms with Crippen LogP contribution in [0.3, 0.4) is 0 Å². The van der Waals surface area contributed by atoms with Crippen molar-refractivity contribution in [3.8, 4) is 0 Å². The first-order chi connectivity index (χ1) is 8.65. The number of rotatable bonds is 1. The summed E-state index contributed by atoms with van der Waals surface area (Å²) in [7, 11) is 0. The molecule has 1 aliphatic heterocycles. The third-order valence-electron chi connectivity index (χ3n) is 3.10. The summed E-state index contributed by atoms with van der Waals surface area (Å²) in [6.45, 7) is 2.07. The summed E-state index contributed by atoms with van der Waals surface area (Å²) in [5.74, 6) is 0.791. The summed E-state index contributed by atoms with van der Waals surface area (Å²) < 4.78 is 0. The Kier molecular flexibility index (Phi) is 3.40. The number of benzene rings is 1. The Morgan fingerprint density at radius 2 is 1.89 bits per heavy atom. The smallest absolute Gasteiger partial charge is 0.324 e. The van der Waals surface area contributed by atoms with Crippen LogP contribution in [-0.4, -0.2) is 16.0 Å². The molecule has 5 nitrogen and oxygen atoms in total. The summed E-state index contributed by atoms with van der Waals surface area (Å²) in [4.78, 5) is 19.1. The van der Waals surface area contributed by atoms with Crippen LogP contribution >= 0.6 is 12.4 Å². The number of fused-ring (bicyclic) bond motifs is 1. The number of nitrogen functional groups attached to an aromatic ring is 1. The van der Waals surface area contributed by atoms with Crippen molar-refractivity contribution < 1.29 is 0 Å². The van der Waals surface area contributed by atoms with Crippen LogP contribution in [0, 0.1) is 0 Å². The van der Waals surface area contributed by atoms with Crippen LogP contribution in [0.2, 0.25) is 0 Å². The zero-order chi connectivity index (χ0) is 12.7. The molecule has 1 atom stereocenters. The van der Waals surface area contributed by atoms with Gasteiger partial charge in [0.1, 0.15) is 5.82 Å². The zero-order valence-electron chi connectivity index (χ0n) is 10.4. The molecule has 6 heteroatoms. The summed E-state index contributed by atoms with van der Waals surface area (Å²) >= 11 is 0. The van der Waals surface area contributed by atoms with Gasteiger partial charge in [-0.25, -0.2) is 4.79 Å². The molecule has 0 fully saturated rings. The maximum Gasteiger partial charge on any atom is 0.324 e. The van der Waals surface area contributed by atoms with Crippen LogP contribution in [0.5, 0.6) is 0 Å². The van der Waals surface area contributed by atoms with E-state index < -0.39 is 0 Å². The van der Waals surface area contributed by atoms with Gasteiger partial charge in [0.25, 0.3) is 0 Å². The Hall–Kier alpha value is -2.14. The van der Waals surface area contributed by atoms with Gasteiger partial charge in [-0.05, 0) is 37.3 Å². The van der Waals surface area contributed by atoms with E-state index in [1.165, 1.54) is 0 Å². The fraction of sp³-hybridized carbons (Fsp3) is 0.154. The second-order valence-electron chi connectivity index (χ2n) is 4.40. The molecule has 0 radical (unpaired) electrons. The molecule has 0 bridgehead atoms. The van der Waals surface area contributed by atoms with Crippen LogP contribution in [-0.2, 0) is 0 Å². The number of anilines is 3.